The second-order valence-corrected chi connectivity index (χ2v) is 12.0. The van der Waals surface area contributed by atoms with E-state index in [0.29, 0.717) is 54.5 Å². The maximum absolute atomic E-state index is 13.6. The smallest absolute Gasteiger partial charge is 0.419 e. The number of hydrogen-bond donors (Lipinski definition) is 1. The number of guanidine groups is 1. The molecule has 1 aliphatic heterocycles. The van der Waals surface area contributed by atoms with Crippen molar-refractivity contribution in [1.82, 2.24) is 15.1 Å². The van der Waals surface area contributed by atoms with E-state index in [-0.39, 0.29) is 25.0 Å². The molecule has 0 bridgehead atoms. The van der Waals surface area contributed by atoms with Crippen LogP contribution in [0.15, 0.2) is 83.9 Å². The highest BCUT2D eigenvalue weighted by Gasteiger charge is 2.35. The number of nitrogens with one attached hydrogen (secondary N) is 1. The fourth-order valence-electron chi connectivity index (χ4n) is 6.00. The van der Waals surface area contributed by atoms with Crippen LogP contribution in [0.4, 0.5) is 10.5 Å². The van der Waals surface area contributed by atoms with Crippen LogP contribution in [0, 0.1) is 5.92 Å². The fraction of sp³-hybridized carbons (Fsp3) is 0.405. The summed E-state index contributed by atoms with van der Waals surface area (Å²) in [5, 5.41) is 2.76. The third kappa shape index (κ3) is 9.34. The molecule has 2 amide bonds. The quantitative estimate of drug-likeness (QED) is 0.162. The number of nitrogens with zero attached hydrogens (tertiary/aromatic N) is 3. The van der Waals surface area contributed by atoms with Crippen molar-refractivity contribution in [2.24, 2.45) is 10.9 Å². The van der Waals surface area contributed by atoms with Gasteiger partial charge in [0.1, 0.15) is 11.5 Å². The molecule has 47 heavy (non-hydrogen) atoms. The highest BCUT2D eigenvalue weighted by molar-refractivity contribution is 5.99. The molecule has 3 aromatic carbocycles. The van der Waals surface area contributed by atoms with E-state index < -0.39 is 18.1 Å². The molecule has 1 unspecified atom stereocenters. The monoisotopic (exact) mass is 640 g/mol. The maximum Gasteiger partial charge on any atom is 0.419 e. The van der Waals surface area contributed by atoms with Gasteiger partial charge in [-0.1, -0.05) is 68.3 Å². The molecule has 3 aromatic rings. The van der Waals surface area contributed by atoms with Crippen molar-refractivity contribution >= 4 is 29.6 Å². The molecule has 1 saturated carbocycles. The van der Waals surface area contributed by atoms with Crippen molar-refractivity contribution < 1.29 is 28.6 Å². The van der Waals surface area contributed by atoms with E-state index in [1.807, 2.05) is 73.5 Å². The topological polar surface area (TPSA) is 110 Å². The number of carbonyl (C=O) groups excluding carboxylic acids is 3. The van der Waals surface area contributed by atoms with E-state index in [4.69, 9.17) is 19.2 Å². The molecule has 0 spiro atoms. The Morgan fingerprint density at radius 3 is 2.40 bits per heavy atom. The van der Waals surface area contributed by atoms with Crippen LogP contribution >= 0.6 is 0 Å². The number of rotatable bonds is 13. The number of ether oxygens (including phenoxy) is 3. The van der Waals surface area contributed by atoms with E-state index in [9.17, 15) is 14.4 Å². The summed E-state index contributed by atoms with van der Waals surface area (Å²) in [5.74, 6) is 1.48. The molecule has 5 rings (SSSR count). The SMILES string of the molecule is CCCOC(=O)C(c1ccccc1)N1Cc2cc(OCCCC(=O)N(C)CC3CCCC3)ccc2N=C1NC(=O)Oc1ccccc1. The summed E-state index contributed by atoms with van der Waals surface area (Å²) in [6.07, 6.45) is 5.91. The number of fused-ring (bicyclic) bond motifs is 1. The molecular weight excluding hydrogens is 596 g/mol. The zero-order chi connectivity index (χ0) is 33.0. The van der Waals surface area contributed by atoms with Crippen LogP contribution in [-0.4, -0.2) is 60.5 Å². The van der Waals surface area contributed by atoms with Crippen molar-refractivity contribution in [2.45, 2.75) is 64.5 Å². The number of amides is 2. The van der Waals surface area contributed by atoms with Gasteiger partial charge in [-0.3, -0.25) is 10.1 Å². The molecular formula is C37H44N4O6. The van der Waals surface area contributed by atoms with E-state index in [2.05, 4.69) is 5.32 Å². The summed E-state index contributed by atoms with van der Waals surface area (Å²) in [6.45, 7) is 3.66. The summed E-state index contributed by atoms with van der Waals surface area (Å²) in [4.78, 5) is 47.6. The normalized spacial score (nSPS) is 14.9. The Labute approximate surface area is 276 Å². The number of hydrogen-bond acceptors (Lipinski definition) is 8. The zero-order valence-corrected chi connectivity index (χ0v) is 27.2. The summed E-state index contributed by atoms with van der Waals surface area (Å²) >= 11 is 0. The van der Waals surface area contributed by atoms with E-state index in [0.717, 1.165) is 12.1 Å². The molecule has 1 atom stereocenters. The lowest BCUT2D eigenvalue weighted by atomic mass is 10.0. The van der Waals surface area contributed by atoms with Crippen LogP contribution in [0.3, 0.4) is 0 Å². The molecule has 0 aromatic heterocycles. The summed E-state index contributed by atoms with van der Waals surface area (Å²) in [6, 6.07) is 22.6. The second kappa shape index (κ2) is 16.6. The average Bonchev–Trinajstić information content (AvgIpc) is 3.60. The van der Waals surface area contributed by atoms with Crippen LogP contribution < -0.4 is 14.8 Å². The Hall–Kier alpha value is -4.86. The van der Waals surface area contributed by atoms with Gasteiger partial charge in [-0.05, 0) is 67.5 Å². The van der Waals surface area contributed by atoms with Crippen LogP contribution in [0.5, 0.6) is 11.5 Å². The summed E-state index contributed by atoms with van der Waals surface area (Å²) in [5.41, 5.74) is 2.13. The number of para-hydroxylation sites is 1. The van der Waals surface area contributed by atoms with Crippen molar-refractivity contribution in [3.8, 4) is 11.5 Å². The van der Waals surface area contributed by atoms with Gasteiger partial charge in [0.25, 0.3) is 0 Å². The number of benzene rings is 3. The minimum absolute atomic E-state index is 0.142. The molecule has 10 nitrogen and oxygen atoms in total. The molecule has 0 radical (unpaired) electrons. The number of aliphatic imine (C=N–C) groups is 1. The molecule has 10 heteroatoms. The number of carbonyl (C=O) groups is 3. The lowest BCUT2D eigenvalue weighted by molar-refractivity contribution is -0.149. The Morgan fingerprint density at radius 2 is 1.68 bits per heavy atom. The third-order valence-corrected chi connectivity index (χ3v) is 8.39. The zero-order valence-electron chi connectivity index (χ0n) is 27.2. The van der Waals surface area contributed by atoms with Crippen LogP contribution in [0.2, 0.25) is 0 Å². The molecule has 1 heterocycles. The predicted molar refractivity (Wildman–Crippen MR) is 179 cm³/mol. The van der Waals surface area contributed by atoms with Gasteiger partial charge in [0.15, 0.2) is 6.04 Å². The summed E-state index contributed by atoms with van der Waals surface area (Å²) < 4.78 is 17.2. The third-order valence-electron chi connectivity index (χ3n) is 8.39. The molecule has 0 saturated heterocycles. The van der Waals surface area contributed by atoms with E-state index in [1.165, 1.54) is 25.7 Å². The van der Waals surface area contributed by atoms with Crippen LogP contribution in [-0.2, 0) is 20.9 Å². The Balaban J connectivity index is 1.31. The second-order valence-electron chi connectivity index (χ2n) is 12.0. The highest BCUT2D eigenvalue weighted by Crippen LogP contribution is 2.34. The van der Waals surface area contributed by atoms with Crippen molar-refractivity contribution in [3.05, 3.63) is 90.0 Å². The first-order valence-corrected chi connectivity index (χ1v) is 16.5. The van der Waals surface area contributed by atoms with Gasteiger partial charge in [-0.2, -0.15) is 0 Å². The van der Waals surface area contributed by atoms with Crippen molar-refractivity contribution in [2.75, 3.05) is 26.8 Å². The first kappa shape index (κ1) is 33.5. The Bertz CT molecular complexity index is 1520. The van der Waals surface area contributed by atoms with Gasteiger partial charge >= 0.3 is 12.1 Å². The van der Waals surface area contributed by atoms with E-state index in [1.54, 1.807) is 29.2 Å². The van der Waals surface area contributed by atoms with Crippen LogP contribution in [0.25, 0.3) is 0 Å². The van der Waals surface area contributed by atoms with E-state index >= 15 is 0 Å². The van der Waals surface area contributed by atoms with Gasteiger partial charge in [0.05, 0.1) is 18.9 Å². The Kier molecular flexibility index (Phi) is 11.9. The largest absolute Gasteiger partial charge is 0.494 e. The van der Waals surface area contributed by atoms with Gasteiger partial charge in [0.2, 0.25) is 11.9 Å². The predicted octanol–water partition coefficient (Wildman–Crippen LogP) is 6.78. The molecule has 2 aliphatic rings. The fourth-order valence-corrected chi connectivity index (χ4v) is 6.00. The molecule has 1 fully saturated rings. The van der Waals surface area contributed by atoms with Crippen molar-refractivity contribution in [1.29, 1.82) is 0 Å². The van der Waals surface area contributed by atoms with Gasteiger partial charge in [-0.25, -0.2) is 14.6 Å². The molecule has 1 N–H and O–H groups in total. The van der Waals surface area contributed by atoms with Gasteiger partial charge in [-0.15, -0.1) is 0 Å². The lowest BCUT2D eigenvalue weighted by Crippen LogP contribution is -2.49. The highest BCUT2D eigenvalue weighted by atomic mass is 16.6. The average molecular weight is 641 g/mol. The molecule has 248 valence electrons. The molecule has 1 aliphatic carbocycles. The minimum Gasteiger partial charge on any atom is -0.494 e. The lowest BCUT2D eigenvalue weighted by Gasteiger charge is -2.35. The van der Waals surface area contributed by atoms with Crippen LogP contribution in [0.1, 0.15) is 69.0 Å². The maximum atomic E-state index is 13.6. The minimum atomic E-state index is -0.886. The first-order chi connectivity index (χ1) is 22.9. The van der Waals surface area contributed by atoms with Gasteiger partial charge in [0, 0.05) is 32.1 Å². The summed E-state index contributed by atoms with van der Waals surface area (Å²) in [7, 11) is 1.89. The number of esters is 1. The Morgan fingerprint density at radius 1 is 0.957 bits per heavy atom. The van der Waals surface area contributed by atoms with Gasteiger partial charge < -0.3 is 24.0 Å². The first-order valence-electron chi connectivity index (χ1n) is 16.5. The standard InChI is InChI=1S/C37H44N4O6/c1-3-22-46-35(43)34(28-15-6-4-7-16-28)41-26-29-24-31(45-23-12-19-33(42)40(2)25-27-13-10-11-14-27)20-21-32(29)38-36(41)39-37(44)47-30-17-8-5-9-18-30/h4-9,15-18,20-21,24,27,34H,3,10-14,19,22-23,25-26H2,1-2H3,(H,38,39,44). The van der Waals surface area contributed by atoms with Crippen molar-refractivity contribution in [3.63, 3.8) is 0 Å².